The molecule has 2 aliphatic rings. The van der Waals surface area contributed by atoms with Crippen molar-refractivity contribution < 1.29 is 8.85 Å². The lowest BCUT2D eigenvalue weighted by Crippen LogP contribution is -2.56. The van der Waals surface area contributed by atoms with E-state index in [1.807, 2.05) is 0 Å². The summed E-state index contributed by atoms with van der Waals surface area (Å²) in [7, 11) is -3.87. The summed E-state index contributed by atoms with van der Waals surface area (Å²) in [5.74, 6) is 2.29. The van der Waals surface area contributed by atoms with Gasteiger partial charge in [-0.05, 0) is 123 Å². The molecule has 2 fully saturated rings. The zero-order chi connectivity index (χ0) is 28.0. The lowest BCUT2D eigenvalue weighted by atomic mass is 9.61. The van der Waals surface area contributed by atoms with Crippen LogP contribution in [0.1, 0.15) is 114 Å². The molecule has 0 spiro atoms. The van der Waals surface area contributed by atoms with E-state index < -0.39 is 16.6 Å². The highest BCUT2D eigenvalue weighted by Crippen LogP contribution is 2.60. The summed E-state index contributed by atoms with van der Waals surface area (Å²) < 4.78 is 14.4. The molecule has 0 aromatic heterocycles. The minimum atomic E-state index is -1.94. The minimum Gasteiger partial charge on any atom is -0.411 e. The molecule has 0 amide bonds. The Morgan fingerprint density at radius 2 is 1.50 bits per heavy atom. The molecule has 0 radical (unpaired) electrons. The quantitative estimate of drug-likeness (QED) is 0.245. The predicted molar refractivity (Wildman–Crippen MR) is 168 cm³/mol. The van der Waals surface area contributed by atoms with Crippen LogP contribution in [0.5, 0.6) is 0 Å². The largest absolute Gasteiger partial charge is 0.411 e. The standard InChI is InChI=1S/C31H61BrO2Si2/c1-23(25-18-19-26-24(22-32)16-15-21-31(25,26)10)17-20-27(33-35(11,12)28(2,3)4)30(8,9)34-36(13,14)29(5,6)7/h22-23,25-27H,15-21H2,1-14H3/b24-22+. The van der Waals surface area contributed by atoms with E-state index in [9.17, 15) is 0 Å². The third kappa shape index (κ3) is 7.01. The fraction of sp³-hybridized carbons (Fsp3) is 0.935. The fourth-order valence-corrected chi connectivity index (χ4v) is 10.5. The highest BCUT2D eigenvalue weighted by molar-refractivity contribution is 9.11. The lowest BCUT2D eigenvalue weighted by molar-refractivity contribution is -0.0386. The maximum atomic E-state index is 7.23. The van der Waals surface area contributed by atoms with E-state index in [2.05, 4.69) is 116 Å². The third-order valence-electron chi connectivity index (χ3n) is 11.1. The highest BCUT2D eigenvalue weighted by Gasteiger charge is 2.51. The molecule has 5 heteroatoms. The molecule has 5 unspecified atom stereocenters. The molecule has 0 saturated heterocycles. The Balaban J connectivity index is 2.26. The van der Waals surface area contributed by atoms with Gasteiger partial charge in [0.05, 0.1) is 11.7 Å². The van der Waals surface area contributed by atoms with Crippen LogP contribution < -0.4 is 0 Å². The summed E-state index contributed by atoms with van der Waals surface area (Å²) in [5.41, 5.74) is 1.83. The van der Waals surface area contributed by atoms with Crippen molar-refractivity contribution in [2.24, 2.45) is 23.2 Å². The van der Waals surface area contributed by atoms with Gasteiger partial charge < -0.3 is 8.85 Å². The summed E-state index contributed by atoms with van der Waals surface area (Å²) in [6.45, 7) is 33.5. The van der Waals surface area contributed by atoms with E-state index in [4.69, 9.17) is 8.85 Å². The molecule has 0 aromatic rings. The Bertz CT molecular complexity index is 774. The van der Waals surface area contributed by atoms with Crippen LogP contribution >= 0.6 is 15.9 Å². The van der Waals surface area contributed by atoms with Crippen molar-refractivity contribution in [3.63, 3.8) is 0 Å². The van der Waals surface area contributed by atoms with Crippen molar-refractivity contribution in [2.75, 3.05) is 0 Å². The Kier molecular flexibility index (Phi) is 10.2. The van der Waals surface area contributed by atoms with Gasteiger partial charge in [0.15, 0.2) is 16.6 Å². The normalized spacial score (nSPS) is 29.4. The number of halogens is 1. The van der Waals surface area contributed by atoms with Crippen LogP contribution in [0.4, 0.5) is 0 Å². The van der Waals surface area contributed by atoms with Crippen molar-refractivity contribution in [2.45, 2.75) is 162 Å². The minimum absolute atomic E-state index is 0.129. The summed E-state index contributed by atoms with van der Waals surface area (Å²) in [6.07, 6.45) is 9.21. The van der Waals surface area contributed by atoms with Crippen LogP contribution in [0.2, 0.25) is 36.3 Å². The lowest BCUT2D eigenvalue weighted by Gasteiger charge is -2.49. The van der Waals surface area contributed by atoms with Gasteiger partial charge in [-0.25, -0.2) is 0 Å². The van der Waals surface area contributed by atoms with Gasteiger partial charge in [0.2, 0.25) is 0 Å². The Labute approximate surface area is 236 Å². The van der Waals surface area contributed by atoms with E-state index in [1.54, 1.807) is 5.57 Å². The first-order valence-corrected chi connectivity index (χ1v) is 21.5. The molecule has 0 aliphatic heterocycles. The number of rotatable bonds is 9. The second-order valence-electron chi connectivity index (χ2n) is 16.2. The van der Waals surface area contributed by atoms with Crippen LogP contribution in [0.25, 0.3) is 0 Å². The Hall–Kier alpha value is 0.574. The Morgan fingerprint density at radius 3 is 2.00 bits per heavy atom. The van der Waals surface area contributed by atoms with Gasteiger partial charge in [-0.15, -0.1) is 0 Å². The van der Waals surface area contributed by atoms with Gasteiger partial charge in [0.25, 0.3) is 0 Å². The molecule has 36 heavy (non-hydrogen) atoms. The van der Waals surface area contributed by atoms with Crippen LogP contribution in [0.3, 0.4) is 0 Å². The second-order valence-corrected chi connectivity index (χ2v) is 26.1. The number of hydrogen-bond donors (Lipinski definition) is 0. The molecular formula is C31H61BrO2Si2. The first kappa shape index (κ1) is 32.8. The first-order chi connectivity index (χ1) is 16.1. The SMILES string of the molecule is CC(CCC(O[Si](C)(C)C(C)(C)C)C(C)(C)O[Si](C)(C)C(C)(C)C)C1CCC2/C(=C/Br)CCCC21C. The molecule has 0 bridgehead atoms. The molecule has 5 atom stereocenters. The van der Waals surface area contributed by atoms with Crippen LogP contribution in [-0.4, -0.2) is 28.3 Å². The summed E-state index contributed by atoms with van der Waals surface area (Å²) in [5, 5.41) is 0.380. The zero-order valence-electron chi connectivity index (χ0n) is 26.5. The molecule has 0 heterocycles. The number of allylic oxidation sites excluding steroid dienone is 1. The summed E-state index contributed by atoms with van der Waals surface area (Å²) in [4.78, 5) is 2.26. The second kappa shape index (κ2) is 11.2. The molecule has 2 saturated carbocycles. The van der Waals surface area contributed by atoms with Crippen LogP contribution in [-0.2, 0) is 8.85 Å². The highest BCUT2D eigenvalue weighted by atomic mass is 79.9. The topological polar surface area (TPSA) is 18.5 Å². The van der Waals surface area contributed by atoms with Gasteiger partial charge in [-0.3, -0.25) is 0 Å². The maximum Gasteiger partial charge on any atom is 0.192 e. The van der Waals surface area contributed by atoms with Crippen molar-refractivity contribution in [1.82, 2.24) is 0 Å². The smallest absolute Gasteiger partial charge is 0.192 e. The first-order valence-electron chi connectivity index (χ1n) is 14.8. The number of hydrogen-bond acceptors (Lipinski definition) is 2. The van der Waals surface area contributed by atoms with E-state index in [0.29, 0.717) is 11.3 Å². The molecule has 2 rings (SSSR count). The maximum absolute atomic E-state index is 7.23. The van der Waals surface area contributed by atoms with Crippen molar-refractivity contribution in [1.29, 1.82) is 0 Å². The molecular weight excluding hydrogens is 540 g/mol. The third-order valence-corrected chi connectivity index (χ3v) is 20.8. The van der Waals surface area contributed by atoms with Gasteiger partial charge in [-0.2, -0.15) is 0 Å². The zero-order valence-corrected chi connectivity index (χ0v) is 30.1. The predicted octanol–water partition coefficient (Wildman–Crippen LogP) is 11.1. The number of fused-ring (bicyclic) bond motifs is 1. The van der Waals surface area contributed by atoms with Gasteiger partial charge >= 0.3 is 0 Å². The van der Waals surface area contributed by atoms with Crippen LogP contribution in [0, 0.1) is 23.2 Å². The Morgan fingerprint density at radius 1 is 0.944 bits per heavy atom. The molecule has 2 aliphatic carbocycles. The average Bonchev–Trinajstić information content (AvgIpc) is 3.05. The van der Waals surface area contributed by atoms with E-state index in [1.165, 1.54) is 38.5 Å². The van der Waals surface area contributed by atoms with Crippen molar-refractivity contribution >= 4 is 32.6 Å². The average molecular weight is 602 g/mol. The van der Waals surface area contributed by atoms with Gasteiger partial charge in [-0.1, -0.05) is 76.9 Å². The van der Waals surface area contributed by atoms with Crippen LogP contribution in [0.15, 0.2) is 10.6 Å². The van der Waals surface area contributed by atoms with Gasteiger partial charge in [0, 0.05) is 0 Å². The molecule has 0 aromatic carbocycles. The molecule has 212 valence electrons. The van der Waals surface area contributed by atoms with Gasteiger partial charge in [0.1, 0.15) is 0 Å². The molecule has 2 nitrogen and oxygen atoms in total. The monoisotopic (exact) mass is 600 g/mol. The molecule has 0 N–H and O–H groups in total. The summed E-state index contributed by atoms with van der Waals surface area (Å²) in [6, 6.07) is 0. The van der Waals surface area contributed by atoms with E-state index in [0.717, 1.165) is 18.3 Å². The van der Waals surface area contributed by atoms with E-state index >= 15 is 0 Å². The van der Waals surface area contributed by atoms with Crippen molar-refractivity contribution in [3.8, 4) is 0 Å². The van der Waals surface area contributed by atoms with Crippen molar-refractivity contribution in [3.05, 3.63) is 10.6 Å². The van der Waals surface area contributed by atoms with E-state index in [-0.39, 0.29) is 21.8 Å². The summed E-state index contributed by atoms with van der Waals surface area (Å²) >= 11 is 3.70. The fourth-order valence-electron chi connectivity index (χ4n) is 6.72.